The summed E-state index contributed by atoms with van der Waals surface area (Å²) in [5.41, 5.74) is 4.13. The van der Waals surface area contributed by atoms with Crippen LogP contribution in [0.4, 0.5) is 0 Å². The van der Waals surface area contributed by atoms with Crippen LogP contribution in [-0.2, 0) is 4.79 Å². The number of rotatable bonds is 6. The van der Waals surface area contributed by atoms with Crippen molar-refractivity contribution in [2.24, 2.45) is 0 Å². The molecule has 1 amide bonds. The van der Waals surface area contributed by atoms with E-state index in [-0.39, 0.29) is 6.04 Å². The summed E-state index contributed by atoms with van der Waals surface area (Å²) in [7, 11) is 1.64. The standard InChI is InChI=1S/C24H24N6O2/c1-16-22(18(3)30(27-16)21-8-6-5-7-9-21)23(31)24(32)28(4)17(2)19-10-12-20(13-11-19)29-15-25-14-26-29/h5-15,17H,1-4H3. The summed E-state index contributed by atoms with van der Waals surface area (Å²) in [5, 5.41) is 8.60. The second-order valence-electron chi connectivity index (χ2n) is 7.65. The van der Waals surface area contributed by atoms with Crippen molar-refractivity contribution in [1.82, 2.24) is 29.4 Å². The molecule has 8 nitrogen and oxygen atoms in total. The zero-order valence-corrected chi connectivity index (χ0v) is 18.4. The van der Waals surface area contributed by atoms with Crippen LogP contribution >= 0.6 is 0 Å². The fourth-order valence-electron chi connectivity index (χ4n) is 3.71. The van der Waals surface area contributed by atoms with Gasteiger partial charge in [-0.15, -0.1) is 0 Å². The molecule has 0 aliphatic rings. The highest BCUT2D eigenvalue weighted by Crippen LogP contribution is 2.23. The molecule has 2 aromatic carbocycles. The molecule has 1 atom stereocenters. The molecule has 162 valence electrons. The number of hydrogen-bond donors (Lipinski definition) is 0. The number of benzene rings is 2. The highest BCUT2D eigenvalue weighted by molar-refractivity contribution is 6.43. The van der Waals surface area contributed by atoms with Crippen molar-refractivity contribution in [3.63, 3.8) is 0 Å². The van der Waals surface area contributed by atoms with Crippen molar-refractivity contribution in [2.75, 3.05) is 7.05 Å². The van der Waals surface area contributed by atoms with Gasteiger partial charge in [0.2, 0.25) is 0 Å². The summed E-state index contributed by atoms with van der Waals surface area (Å²) in [6.45, 7) is 5.45. The Morgan fingerprint density at radius 1 is 0.969 bits per heavy atom. The lowest BCUT2D eigenvalue weighted by Crippen LogP contribution is -2.35. The van der Waals surface area contributed by atoms with Crippen LogP contribution < -0.4 is 0 Å². The summed E-state index contributed by atoms with van der Waals surface area (Å²) in [6.07, 6.45) is 3.09. The third-order valence-electron chi connectivity index (χ3n) is 5.67. The maximum absolute atomic E-state index is 13.2. The third kappa shape index (κ3) is 3.82. The molecule has 0 bridgehead atoms. The van der Waals surface area contributed by atoms with Gasteiger partial charge < -0.3 is 4.90 Å². The van der Waals surface area contributed by atoms with E-state index in [0.717, 1.165) is 16.9 Å². The Hall–Kier alpha value is -4.07. The van der Waals surface area contributed by atoms with Crippen molar-refractivity contribution < 1.29 is 9.59 Å². The number of nitrogens with zero attached hydrogens (tertiary/aromatic N) is 6. The van der Waals surface area contributed by atoms with E-state index in [1.165, 1.54) is 11.2 Å². The predicted octanol–water partition coefficient (Wildman–Crippen LogP) is 3.47. The van der Waals surface area contributed by atoms with E-state index in [2.05, 4.69) is 15.2 Å². The van der Waals surface area contributed by atoms with Crippen molar-refractivity contribution in [1.29, 1.82) is 0 Å². The molecule has 32 heavy (non-hydrogen) atoms. The van der Waals surface area contributed by atoms with Gasteiger partial charge >= 0.3 is 0 Å². The van der Waals surface area contributed by atoms with E-state index in [9.17, 15) is 9.59 Å². The van der Waals surface area contributed by atoms with Gasteiger partial charge in [0, 0.05) is 7.05 Å². The highest BCUT2D eigenvalue weighted by atomic mass is 16.2. The Balaban J connectivity index is 1.55. The molecule has 4 aromatic rings. The van der Waals surface area contributed by atoms with Crippen LogP contribution in [0.3, 0.4) is 0 Å². The van der Waals surface area contributed by atoms with Gasteiger partial charge in [0.1, 0.15) is 12.7 Å². The Labute approximate surface area is 186 Å². The summed E-state index contributed by atoms with van der Waals surface area (Å²) in [4.78, 5) is 31.6. The zero-order valence-electron chi connectivity index (χ0n) is 18.4. The number of hydrogen-bond acceptors (Lipinski definition) is 5. The second kappa shape index (κ2) is 8.58. The van der Waals surface area contributed by atoms with E-state index < -0.39 is 11.7 Å². The maximum atomic E-state index is 13.2. The smallest absolute Gasteiger partial charge is 0.295 e. The number of aromatic nitrogens is 5. The average molecular weight is 428 g/mol. The SMILES string of the molecule is Cc1nn(-c2ccccc2)c(C)c1C(=O)C(=O)N(C)C(C)c1ccc(-n2cncn2)cc1. The quantitative estimate of drug-likeness (QED) is 0.347. The minimum absolute atomic E-state index is 0.291. The van der Waals surface area contributed by atoms with Gasteiger partial charge in [-0.1, -0.05) is 30.3 Å². The molecule has 0 saturated carbocycles. The predicted molar refractivity (Wildman–Crippen MR) is 120 cm³/mol. The van der Waals surface area contributed by atoms with Gasteiger partial charge in [0.25, 0.3) is 11.7 Å². The molecule has 4 rings (SSSR count). The average Bonchev–Trinajstić information content (AvgIpc) is 3.46. The first-order valence-corrected chi connectivity index (χ1v) is 10.3. The fourth-order valence-corrected chi connectivity index (χ4v) is 3.71. The van der Waals surface area contributed by atoms with Gasteiger partial charge in [-0.05, 0) is 50.6 Å². The Morgan fingerprint density at radius 2 is 1.66 bits per heavy atom. The summed E-state index contributed by atoms with van der Waals surface area (Å²) >= 11 is 0. The second-order valence-corrected chi connectivity index (χ2v) is 7.65. The molecular formula is C24H24N6O2. The van der Waals surface area contributed by atoms with Crippen LogP contribution in [0.15, 0.2) is 67.3 Å². The molecule has 0 saturated heterocycles. The van der Waals surface area contributed by atoms with Gasteiger partial charge in [-0.2, -0.15) is 10.2 Å². The van der Waals surface area contributed by atoms with Gasteiger partial charge in [0.05, 0.1) is 34.4 Å². The van der Waals surface area contributed by atoms with E-state index in [1.54, 1.807) is 36.6 Å². The molecule has 0 aliphatic heterocycles. The number of para-hydroxylation sites is 1. The lowest BCUT2D eigenvalue weighted by molar-refractivity contribution is -0.127. The Morgan fingerprint density at radius 3 is 2.28 bits per heavy atom. The molecule has 0 fully saturated rings. The van der Waals surface area contributed by atoms with Crippen LogP contribution in [0.5, 0.6) is 0 Å². The van der Waals surface area contributed by atoms with E-state index >= 15 is 0 Å². The van der Waals surface area contributed by atoms with Crippen molar-refractivity contribution in [3.8, 4) is 11.4 Å². The molecule has 2 heterocycles. The van der Waals surface area contributed by atoms with Crippen molar-refractivity contribution >= 4 is 11.7 Å². The fraction of sp³-hybridized carbons (Fsp3) is 0.208. The largest absolute Gasteiger partial charge is 0.332 e. The van der Waals surface area contributed by atoms with Crippen LogP contribution in [-0.4, -0.2) is 48.2 Å². The van der Waals surface area contributed by atoms with Gasteiger partial charge in [0.15, 0.2) is 0 Å². The van der Waals surface area contributed by atoms with Crippen LogP contribution in [0.25, 0.3) is 11.4 Å². The van der Waals surface area contributed by atoms with Crippen LogP contribution in [0.2, 0.25) is 0 Å². The van der Waals surface area contributed by atoms with E-state index in [4.69, 9.17) is 0 Å². The number of likely N-dealkylation sites (N-methyl/N-ethyl adjacent to an activating group) is 1. The highest BCUT2D eigenvalue weighted by Gasteiger charge is 2.29. The molecule has 8 heteroatoms. The minimum Gasteiger partial charge on any atom is -0.332 e. The van der Waals surface area contributed by atoms with Crippen LogP contribution in [0, 0.1) is 13.8 Å². The molecule has 0 aliphatic carbocycles. The van der Waals surface area contributed by atoms with Gasteiger partial charge in [-0.25, -0.2) is 14.3 Å². The van der Waals surface area contributed by atoms with Crippen molar-refractivity contribution in [3.05, 3.63) is 89.8 Å². The maximum Gasteiger partial charge on any atom is 0.295 e. The van der Waals surface area contributed by atoms with Gasteiger partial charge in [-0.3, -0.25) is 9.59 Å². The lowest BCUT2D eigenvalue weighted by Gasteiger charge is -2.25. The number of carbonyl (C=O) groups excluding carboxylic acids is 2. The minimum atomic E-state index is -0.573. The molecule has 0 spiro atoms. The first-order valence-electron chi connectivity index (χ1n) is 10.3. The zero-order chi connectivity index (χ0) is 22.8. The summed E-state index contributed by atoms with van der Waals surface area (Å²) in [6, 6.07) is 16.9. The number of ketones is 1. The molecule has 0 N–H and O–H groups in total. The normalized spacial score (nSPS) is 11.9. The molecule has 1 unspecified atom stereocenters. The lowest BCUT2D eigenvalue weighted by atomic mass is 10.0. The third-order valence-corrected chi connectivity index (χ3v) is 5.67. The molecular weight excluding hydrogens is 404 g/mol. The number of carbonyl (C=O) groups is 2. The number of amides is 1. The van der Waals surface area contributed by atoms with E-state index in [1.807, 2.05) is 61.5 Å². The van der Waals surface area contributed by atoms with Crippen molar-refractivity contribution in [2.45, 2.75) is 26.8 Å². The Bertz CT molecular complexity index is 1240. The molecule has 2 aromatic heterocycles. The monoisotopic (exact) mass is 428 g/mol. The number of aryl methyl sites for hydroxylation is 1. The Kier molecular flexibility index (Phi) is 5.68. The molecule has 0 radical (unpaired) electrons. The van der Waals surface area contributed by atoms with Crippen LogP contribution in [0.1, 0.15) is 40.3 Å². The first kappa shape index (κ1) is 21.2. The summed E-state index contributed by atoms with van der Waals surface area (Å²) < 4.78 is 3.35. The topological polar surface area (TPSA) is 85.9 Å². The van der Waals surface area contributed by atoms with E-state index in [0.29, 0.717) is 17.0 Å². The first-order chi connectivity index (χ1) is 15.4. The number of Topliss-reactive ketones (excluding diaryl/α,β-unsaturated/α-hetero) is 1. The summed E-state index contributed by atoms with van der Waals surface area (Å²) in [5.74, 6) is -1.13.